The third kappa shape index (κ3) is 5.13. The van der Waals surface area contributed by atoms with E-state index >= 15 is 0 Å². The molecular weight excluding hydrogens is 523 g/mol. The van der Waals surface area contributed by atoms with Crippen LogP contribution in [0.5, 0.6) is 0 Å². The van der Waals surface area contributed by atoms with Crippen LogP contribution in [-0.2, 0) is 14.8 Å². The molecule has 3 N–H and O–H groups in total. The molecule has 5 rings (SSSR count). The van der Waals surface area contributed by atoms with Gasteiger partial charge in [0.15, 0.2) is 10.9 Å². The first-order valence-electron chi connectivity index (χ1n) is 13.0. The van der Waals surface area contributed by atoms with Crippen LogP contribution in [0.3, 0.4) is 0 Å². The Bertz CT molecular complexity index is 1450. The van der Waals surface area contributed by atoms with Crippen LogP contribution < -0.4 is 15.4 Å². The standard InChI is InChI=1S/C28H35FN4O3S2/c1-18(2)19-8-5-6-9-20(19)24-25(33-14-15-36-28(17-33)13-12-27(3,4)16-28)37-26(31-24)32-38(34,35)22-11-7-10-21(30)23(22)29/h5-11,18H,12-17,30H2,1-4H3,(H,31,32). The van der Waals surface area contributed by atoms with Crippen molar-refractivity contribution >= 4 is 37.2 Å². The lowest BCUT2D eigenvalue weighted by Crippen LogP contribution is -2.51. The van der Waals surface area contributed by atoms with Crippen LogP contribution in [-0.4, -0.2) is 38.7 Å². The van der Waals surface area contributed by atoms with Gasteiger partial charge in [-0.3, -0.25) is 4.72 Å². The number of sulfonamides is 1. The fourth-order valence-corrected chi connectivity index (χ4v) is 8.11. The summed E-state index contributed by atoms with van der Waals surface area (Å²) in [4.78, 5) is 6.58. The van der Waals surface area contributed by atoms with Crippen LogP contribution in [0.15, 0.2) is 47.4 Å². The highest BCUT2D eigenvalue weighted by atomic mass is 32.2. The van der Waals surface area contributed by atoms with Crippen molar-refractivity contribution in [2.24, 2.45) is 5.41 Å². The van der Waals surface area contributed by atoms with Gasteiger partial charge >= 0.3 is 0 Å². The van der Waals surface area contributed by atoms with Crippen molar-refractivity contribution in [3.05, 3.63) is 53.8 Å². The summed E-state index contributed by atoms with van der Waals surface area (Å²) in [6.07, 6.45) is 3.06. The van der Waals surface area contributed by atoms with Crippen molar-refractivity contribution in [1.29, 1.82) is 0 Å². The molecule has 0 amide bonds. The van der Waals surface area contributed by atoms with Gasteiger partial charge in [-0.15, -0.1) is 0 Å². The molecular formula is C28H35FN4O3S2. The number of hydrogen-bond acceptors (Lipinski definition) is 7. The Kier molecular flexibility index (Phi) is 6.94. The van der Waals surface area contributed by atoms with Crippen molar-refractivity contribution < 1.29 is 17.5 Å². The maximum absolute atomic E-state index is 14.6. The lowest BCUT2D eigenvalue weighted by Gasteiger charge is -2.42. The van der Waals surface area contributed by atoms with Crippen molar-refractivity contribution in [3.63, 3.8) is 0 Å². The quantitative estimate of drug-likeness (QED) is 0.348. The third-order valence-corrected chi connectivity index (χ3v) is 10.1. The minimum atomic E-state index is -4.25. The zero-order valence-electron chi connectivity index (χ0n) is 22.3. The van der Waals surface area contributed by atoms with E-state index in [1.165, 1.54) is 29.5 Å². The zero-order valence-corrected chi connectivity index (χ0v) is 23.9. The van der Waals surface area contributed by atoms with Crippen LogP contribution in [0.4, 0.5) is 20.2 Å². The summed E-state index contributed by atoms with van der Waals surface area (Å²) in [5.41, 5.74) is 8.20. The van der Waals surface area contributed by atoms with E-state index in [9.17, 15) is 12.8 Å². The van der Waals surface area contributed by atoms with E-state index < -0.39 is 20.7 Å². The number of nitrogens with one attached hydrogen (secondary N) is 1. The molecule has 1 saturated heterocycles. The number of benzene rings is 2. The zero-order chi connectivity index (χ0) is 27.3. The van der Waals surface area contributed by atoms with E-state index in [4.69, 9.17) is 15.5 Å². The Labute approximate surface area is 228 Å². The van der Waals surface area contributed by atoms with Crippen LogP contribution in [0.2, 0.25) is 0 Å². The number of rotatable bonds is 6. The fraction of sp³-hybridized carbons (Fsp3) is 0.464. The highest BCUT2D eigenvalue weighted by molar-refractivity contribution is 7.93. The lowest BCUT2D eigenvalue weighted by atomic mass is 9.88. The van der Waals surface area contributed by atoms with E-state index in [1.54, 1.807) is 0 Å². The van der Waals surface area contributed by atoms with E-state index in [2.05, 4.69) is 43.4 Å². The molecule has 10 heteroatoms. The van der Waals surface area contributed by atoms with E-state index in [-0.39, 0.29) is 27.8 Å². The molecule has 1 atom stereocenters. The summed E-state index contributed by atoms with van der Waals surface area (Å²) in [7, 11) is -4.25. The Morgan fingerprint density at radius 2 is 1.92 bits per heavy atom. The third-order valence-electron chi connectivity index (χ3n) is 7.55. The molecule has 1 unspecified atom stereocenters. The average molecular weight is 559 g/mol. The molecule has 2 aliphatic rings. The van der Waals surface area contributed by atoms with Gasteiger partial charge in [0.1, 0.15) is 15.6 Å². The first-order chi connectivity index (χ1) is 17.9. The molecule has 2 fully saturated rings. The minimum absolute atomic E-state index is 0.183. The van der Waals surface area contributed by atoms with Gasteiger partial charge in [0, 0.05) is 18.7 Å². The smallest absolute Gasteiger partial charge is 0.266 e. The number of nitrogens with zero attached hydrogens (tertiary/aromatic N) is 2. The molecule has 1 aliphatic heterocycles. The van der Waals surface area contributed by atoms with E-state index in [1.807, 2.05) is 18.2 Å². The number of ether oxygens (including phenoxy) is 1. The molecule has 2 heterocycles. The summed E-state index contributed by atoms with van der Waals surface area (Å²) < 4.78 is 49.9. The Morgan fingerprint density at radius 1 is 1.16 bits per heavy atom. The van der Waals surface area contributed by atoms with Crippen molar-refractivity contribution in [2.45, 2.75) is 63.4 Å². The average Bonchev–Trinajstić information content (AvgIpc) is 3.40. The number of nitrogen functional groups attached to an aromatic ring is 1. The maximum Gasteiger partial charge on any atom is 0.266 e. The summed E-state index contributed by atoms with van der Waals surface area (Å²) in [6, 6.07) is 12.0. The molecule has 2 aromatic carbocycles. The van der Waals surface area contributed by atoms with Gasteiger partial charge in [-0.1, -0.05) is 69.4 Å². The normalized spacial score (nSPS) is 21.4. The summed E-state index contributed by atoms with van der Waals surface area (Å²) in [5.74, 6) is -0.727. The number of morpholine rings is 1. The Balaban J connectivity index is 1.57. The molecule has 1 spiro atoms. The van der Waals surface area contributed by atoms with Crippen LogP contribution in [0.1, 0.15) is 58.4 Å². The molecule has 38 heavy (non-hydrogen) atoms. The van der Waals surface area contributed by atoms with E-state index in [0.29, 0.717) is 19.7 Å². The van der Waals surface area contributed by atoms with Gasteiger partial charge in [-0.2, -0.15) is 0 Å². The van der Waals surface area contributed by atoms with Gasteiger partial charge in [0.05, 0.1) is 17.9 Å². The largest absolute Gasteiger partial charge is 0.396 e. The second-order valence-electron chi connectivity index (χ2n) is 11.5. The Morgan fingerprint density at radius 3 is 2.63 bits per heavy atom. The Hall–Kier alpha value is -2.69. The van der Waals surface area contributed by atoms with Crippen LogP contribution in [0.25, 0.3) is 11.3 Å². The molecule has 0 radical (unpaired) electrons. The van der Waals surface area contributed by atoms with E-state index in [0.717, 1.165) is 41.1 Å². The number of anilines is 3. The topological polar surface area (TPSA) is 97.5 Å². The number of halogens is 1. The first-order valence-corrected chi connectivity index (χ1v) is 15.3. The van der Waals surface area contributed by atoms with Crippen LogP contribution in [0, 0.1) is 11.2 Å². The second-order valence-corrected chi connectivity index (χ2v) is 14.1. The predicted molar refractivity (Wildman–Crippen MR) is 152 cm³/mol. The number of thiazole rings is 1. The number of nitrogens with two attached hydrogens (primary N) is 1. The monoisotopic (exact) mass is 558 g/mol. The van der Waals surface area contributed by atoms with Gasteiger partial charge < -0.3 is 15.4 Å². The SMILES string of the molecule is CC(C)c1ccccc1-c1nc(NS(=O)(=O)c2cccc(N)c2F)sc1N1CCOC2(CCC(C)(C)C2)C1. The van der Waals surface area contributed by atoms with Gasteiger partial charge in [0.2, 0.25) is 0 Å². The van der Waals surface area contributed by atoms with Gasteiger partial charge in [-0.05, 0) is 48.3 Å². The summed E-state index contributed by atoms with van der Waals surface area (Å²) in [5, 5.41) is 1.07. The summed E-state index contributed by atoms with van der Waals surface area (Å²) in [6.45, 7) is 10.8. The first kappa shape index (κ1) is 26.9. The second kappa shape index (κ2) is 9.81. The fourth-order valence-electron chi connectivity index (χ4n) is 5.76. The van der Waals surface area contributed by atoms with Crippen molar-refractivity contribution in [1.82, 2.24) is 4.98 Å². The highest BCUT2D eigenvalue weighted by Gasteiger charge is 2.47. The van der Waals surface area contributed by atoms with Crippen LogP contribution >= 0.6 is 11.3 Å². The van der Waals surface area contributed by atoms with Gasteiger partial charge in [0.25, 0.3) is 10.0 Å². The summed E-state index contributed by atoms with van der Waals surface area (Å²) >= 11 is 1.27. The molecule has 204 valence electrons. The predicted octanol–water partition coefficient (Wildman–Crippen LogP) is 6.24. The molecule has 7 nitrogen and oxygen atoms in total. The molecule has 0 bridgehead atoms. The number of hydrogen-bond donors (Lipinski definition) is 2. The minimum Gasteiger partial charge on any atom is -0.396 e. The lowest BCUT2D eigenvalue weighted by molar-refractivity contribution is -0.0558. The highest BCUT2D eigenvalue weighted by Crippen LogP contribution is 2.49. The molecule has 1 aromatic heterocycles. The molecule has 1 saturated carbocycles. The number of aromatic nitrogens is 1. The van der Waals surface area contributed by atoms with Crippen molar-refractivity contribution in [3.8, 4) is 11.3 Å². The van der Waals surface area contributed by atoms with Gasteiger partial charge in [-0.25, -0.2) is 17.8 Å². The maximum atomic E-state index is 14.6. The molecule has 1 aliphatic carbocycles. The molecule has 3 aromatic rings. The van der Waals surface area contributed by atoms with Crippen molar-refractivity contribution in [2.75, 3.05) is 35.1 Å².